The summed E-state index contributed by atoms with van der Waals surface area (Å²) in [7, 11) is 0. The molecule has 0 saturated heterocycles. The molecule has 2 aromatic rings. The highest BCUT2D eigenvalue weighted by molar-refractivity contribution is 9.10. The van der Waals surface area contributed by atoms with Crippen LogP contribution in [0.2, 0.25) is 0 Å². The van der Waals surface area contributed by atoms with Gasteiger partial charge < -0.3 is 14.8 Å². The lowest BCUT2D eigenvalue weighted by molar-refractivity contribution is -0.144. The predicted molar refractivity (Wildman–Crippen MR) is 85.7 cm³/mol. The largest absolute Gasteiger partial charge is 0.490 e. The standard InChI is InChI=1S/C15H16BrN3O3/c16-12-2-4-13(5-3-12)21-10-11-22-14(20)6-9-19-15-17-7-1-8-18-15/h1-5,7-8H,6,9-11H2,(H,17,18,19). The van der Waals surface area contributed by atoms with Crippen LogP contribution in [-0.2, 0) is 9.53 Å². The zero-order chi connectivity index (χ0) is 15.6. The van der Waals surface area contributed by atoms with E-state index in [1.807, 2.05) is 24.3 Å². The molecule has 22 heavy (non-hydrogen) atoms. The number of halogens is 1. The van der Waals surface area contributed by atoms with E-state index in [4.69, 9.17) is 9.47 Å². The van der Waals surface area contributed by atoms with E-state index in [2.05, 4.69) is 31.2 Å². The van der Waals surface area contributed by atoms with Gasteiger partial charge in [0.25, 0.3) is 0 Å². The maximum Gasteiger partial charge on any atom is 0.307 e. The number of carbonyl (C=O) groups excluding carboxylic acids is 1. The van der Waals surface area contributed by atoms with Gasteiger partial charge in [-0.25, -0.2) is 9.97 Å². The average molecular weight is 366 g/mol. The second kappa shape index (κ2) is 8.99. The van der Waals surface area contributed by atoms with Crippen LogP contribution >= 0.6 is 15.9 Å². The normalized spacial score (nSPS) is 10.0. The van der Waals surface area contributed by atoms with Gasteiger partial charge in [0, 0.05) is 23.4 Å². The minimum absolute atomic E-state index is 0.219. The van der Waals surface area contributed by atoms with E-state index in [1.54, 1.807) is 18.5 Å². The van der Waals surface area contributed by atoms with Gasteiger partial charge in [-0.2, -0.15) is 0 Å². The number of hydrogen-bond donors (Lipinski definition) is 1. The van der Waals surface area contributed by atoms with Crippen LogP contribution in [0.15, 0.2) is 47.2 Å². The fourth-order valence-electron chi connectivity index (χ4n) is 1.58. The van der Waals surface area contributed by atoms with Crippen LogP contribution in [-0.4, -0.2) is 35.7 Å². The summed E-state index contributed by atoms with van der Waals surface area (Å²) in [5, 5.41) is 2.94. The summed E-state index contributed by atoms with van der Waals surface area (Å²) < 4.78 is 11.5. The van der Waals surface area contributed by atoms with Crippen molar-refractivity contribution in [2.45, 2.75) is 6.42 Å². The van der Waals surface area contributed by atoms with Gasteiger partial charge in [0.1, 0.15) is 19.0 Å². The van der Waals surface area contributed by atoms with Crippen LogP contribution < -0.4 is 10.1 Å². The Hall–Kier alpha value is -2.15. The number of aromatic nitrogens is 2. The Bertz CT molecular complexity index is 578. The minimum Gasteiger partial charge on any atom is -0.490 e. The number of rotatable bonds is 8. The topological polar surface area (TPSA) is 73.3 Å². The van der Waals surface area contributed by atoms with Gasteiger partial charge in [0.05, 0.1) is 6.42 Å². The van der Waals surface area contributed by atoms with Gasteiger partial charge in [-0.05, 0) is 30.3 Å². The highest BCUT2D eigenvalue weighted by Gasteiger charge is 2.03. The lowest BCUT2D eigenvalue weighted by Crippen LogP contribution is -2.16. The molecule has 0 atom stereocenters. The average Bonchev–Trinajstić information content (AvgIpc) is 2.54. The first-order valence-electron chi connectivity index (χ1n) is 6.79. The highest BCUT2D eigenvalue weighted by atomic mass is 79.9. The van der Waals surface area contributed by atoms with Crippen LogP contribution in [0.1, 0.15) is 6.42 Å². The molecular formula is C15H16BrN3O3. The fraction of sp³-hybridized carbons (Fsp3) is 0.267. The molecule has 2 rings (SSSR count). The van der Waals surface area contributed by atoms with Crippen molar-refractivity contribution >= 4 is 27.8 Å². The Kier molecular flexibility index (Phi) is 6.63. The Morgan fingerprint density at radius 1 is 1.14 bits per heavy atom. The lowest BCUT2D eigenvalue weighted by atomic mass is 10.3. The molecule has 0 aliphatic carbocycles. The van der Waals surface area contributed by atoms with E-state index in [-0.39, 0.29) is 19.0 Å². The van der Waals surface area contributed by atoms with E-state index in [1.165, 1.54) is 0 Å². The number of carbonyl (C=O) groups is 1. The van der Waals surface area contributed by atoms with E-state index < -0.39 is 0 Å². The summed E-state index contributed by atoms with van der Waals surface area (Å²) in [6.45, 7) is 0.968. The lowest BCUT2D eigenvalue weighted by Gasteiger charge is -2.08. The predicted octanol–water partition coefficient (Wildman–Crippen LogP) is 2.66. The third kappa shape index (κ3) is 6.09. The van der Waals surface area contributed by atoms with Gasteiger partial charge in [-0.15, -0.1) is 0 Å². The molecule has 0 radical (unpaired) electrons. The number of anilines is 1. The molecular weight excluding hydrogens is 350 g/mol. The Balaban J connectivity index is 1.55. The van der Waals surface area contributed by atoms with Crippen LogP contribution in [0.4, 0.5) is 5.95 Å². The molecule has 0 aliphatic rings. The van der Waals surface area contributed by atoms with E-state index >= 15 is 0 Å². The fourth-order valence-corrected chi connectivity index (χ4v) is 1.85. The molecule has 0 amide bonds. The van der Waals surface area contributed by atoms with Crippen LogP contribution in [0, 0.1) is 0 Å². The van der Waals surface area contributed by atoms with E-state index in [9.17, 15) is 4.79 Å². The smallest absolute Gasteiger partial charge is 0.307 e. The van der Waals surface area contributed by atoms with Crippen molar-refractivity contribution in [2.24, 2.45) is 0 Å². The van der Waals surface area contributed by atoms with Crippen LogP contribution in [0.25, 0.3) is 0 Å². The van der Waals surface area contributed by atoms with Crippen molar-refractivity contribution in [3.05, 3.63) is 47.2 Å². The first-order chi connectivity index (χ1) is 10.7. The molecule has 0 aliphatic heterocycles. The molecule has 1 aromatic carbocycles. The number of ether oxygens (including phenoxy) is 2. The molecule has 0 bridgehead atoms. The van der Waals surface area contributed by atoms with Crippen molar-refractivity contribution < 1.29 is 14.3 Å². The molecule has 0 saturated carbocycles. The first-order valence-corrected chi connectivity index (χ1v) is 7.58. The number of esters is 1. The van der Waals surface area contributed by atoms with Gasteiger partial charge in [-0.3, -0.25) is 4.79 Å². The van der Waals surface area contributed by atoms with Gasteiger partial charge in [-0.1, -0.05) is 15.9 Å². The summed E-state index contributed by atoms with van der Waals surface area (Å²) in [5.74, 6) is 0.943. The molecule has 1 aromatic heterocycles. The van der Waals surface area contributed by atoms with Crippen molar-refractivity contribution in [2.75, 3.05) is 25.1 Å². The molecule has 0 unspecified atom stereocenters. The van der Waals surface area contributed by atoms with E-state index in [0.29, 0.717) is 19.1 Å². The monoisotopic (exact) mass is 365 g/mol. The van der Waals surface area contributed by atoms with Crippen molar-refractivity contribution in [3.63, 3.8) is 0 Å². The Labute approximate surface area is 137 Å². The highest BCUT2D eigenvalue weighted by Crippen LogP contribution is 2.15. The third-order valence-corrected chi connectivity index (χ3v) is 3.14. The van der Waals surface area contributed by atoms with Crippen LogP contribution in [0.3, 0.4) is 0 Å². The van der Waals surface area contributed by atoms with Gasteiger partial charge >= 0.3 is 5.97 Å². The van der Waals surface area contributed by atoms with Crippen molar-refractivity contribution in [3.8, 4) is 5.75 Å². The molecule has 0 spiro atoms. The first kappa shape index (κ1) is 16.2. The zero-order valence-corrected chi connectivity index (χ0v) is 13.5. The number of nitrogens with one attached hydrogen (secondary N) is 1. The summed E-state index contributed by atoms with van der Waals surface area (Å²) >= 11 is 3.35. The Morgan fingerprint density at radius 2 is 1.86 bits per heavy atom. The SMILES string of the molecule is O=C(CCNc1ncccn1)OCCOc1ccc(Br)cc1. The molecule has 7 heteroatoms. The van der Waals surface area contributed by atoms with E-state index in [0.717, 1.165) is 10.2 Å². The van der Waals surface area contributed by atoms with Gasteiger partial charge in [0.2, 0.25) is 5.95 Å². The van der Waals surface area contributed by atoms with Crippen molar-refractivity contribution in [1.82, 2.24) is 9.97 Å². The summed E-state index contributed by atoms with van der Waals surface area (Å²) in [5.41, 5.74) is 0. The van der Waals surface area contributed by atoms with Crippen LogP contribution in [0.5, 0.6) is 5.75 Å². The number of benzene rings is 1. The maximum atomic E-state index is 11.5. The summed E-state index contributed by atoms with van der Waals surface area (Å²) in [6.07, 6.45) is 3.51. The third-order valence-electron chi connectivity index (χ3n) is 2.61. The molecule has 1 N–H and O–H groups in total. The second-order valence-corrected chi connectivity index (χ2v) is 5.19. The van der Waals surface area contributed by atoms with Gasteiger partial charge in [0.15, 0.2) is 0 Å². The second-order valence-electron chi connectivity index (χ2n) is 4.27. The van der Waals surface area contributed by atoms with Crippen molar-refractivity contribution in [1.29, 1.82) is 0 Å². The molecule has 116 valence electrons. The zero-order valence-electron chi connectivity index (χ0n) is 11.9. The quantitative estimate of drug-likeness (QED) is 0.572. The number of hydrogen-bond acceptors (Lipinski definition) is 6. The molecule has 1 heterocycles. The maximum absolute atomic E-state index is 11.5. The summed E-state index contributed by atoms with van der Waals surface area (Å²) in [6, 6.07) is 9.19. The molecule has 6 nitrogen and oxygen atoms in total. The Morgan fingerprint density at radius 3 is 2.59 bits per heavy atom. The minimum atomic E-state index is -0.289. The molecule has 0 fully saturated rings. The number of nitrogens with zero attached hydrogens (tertiary/aromatic N) is 2. The summed E-state index contributed by atoms with van der Waals surface area (Å²) in [4.78, 5) is 19.5.